The monoisotopic (exact) mass is 416 g/mol. The smallest absolute Gasteiger partial charge is 0.271 e. The first-order valence-corrected chi connectivity index (χ1v) is 7.17. The molecule has 0 spiro atoms. The van der Waals surface area contributed by atoms with Crippen LogP contribution in [0, 0.1) is 15.9 Å². The van der Waals surface area contributed by atoms with Crippen molar-refractivity contribution in [1.29, 1.82) is 0 Å². The summed E-state index contributed by atoms with van der Waals surface area (Å²) in [7, 11) is 0. The fourth-order valence-corrected chi connectivity index (χ4v) is 2.32. The van der Waals surface area contributed by atoms with E-state index in [2.05, 4.69) is 37.2 Å². The van der Waals surface area contributed by atoms with Crippen LogP contribution < -0.4 is 5.32 Å². The van der Waals surface area contributed by atoms with Gasteiger partial charge in [-0.25, -0.2) is 4.39 Å². The van der Waals surface area contributed by atoms with Crippen LogP contribution in [0.3, 0.4) is 0 Å². The number of hydrogen-bond acceptors (Lipinski definition) is 3. The number of nitrogens with zero attached hydrogens (tertiary/aromatic N) is 1. The van der Waals surface area contributed by atoms with E-state index in [1.54, 1.807) is 0 Å². The number of benzene rings is 2. The Bertz CT molecular complexity index is 737. The van der Waals surface area contributed by atoms with Crippen LogP contribution in [0.2, 0.25) is 0 Å². The number of non-ortho nitro benzene ring substituents is 1. The molecule has 5 nitrogen and oxygen atoms in total. The lowest BCUT2D eigenvalue weighted by molar-refractivity contribution is -0.384. The standard InChI is InChI=1S/C13H7Br2FN2O3/c14-8-3-7(4-10(5-8)18(20)21)13(19)17-9-1-2-11(15)12(16)6-9/h1-6H,(H,17,19). The van der Waals surface area contributed by atoms with Crippen molar-refractivity contribution in [3.05, 3.63) is 66.8 Å². The summed E-state index contributed by atoms with van der Waals surface area (Å²) >= 11 is 6.11. The lowest BCUT2D eigenvalue weighted by atomic mass is 10.2. The number of nitro groups is 1. The normalized spacial score (nSPS) is 10.2. The highest BCUT2D eigenvalue weighted by Crippen LogP contribution is 2.23. The Morgan fingerprint density at radius 1 is 1.19 bits per heavy atom. The molecule has 0 heterocycles. The van der Waals surface area contributed by atoms with E-state index in [9.17, 15) is 19.3 Å². The summed E-state index contributed by atoms with van der Waals surface area (Å²) in [5, 5.41) is 13.2. The van der Waals surface area contributed by atoms with Gasteiger partial charge < -0.3 is 5.32 Å². The molecule has 2 rings (SSSR count). The molecule has 0 saturated heterocycles. The van der Waals surface area contributed by atoms with Gasteiger partial charge in [-0.05, 0) is 40.2 Å². The zero-order chi connectivity index (χ0) is 15.6. The third-order valence-electron chi connectivity index (χ3n) is 2.53. The van der Waals surface area contributed by atoms with Crippen molar-refractivity contribution in [2.75, 3.05) is 5.32 Å². The highest BCUT2D eigenvalue weighted by molar-refractivity contribution is 9.10. The molecule has 0 saturated carbocycles. The molecular formula is C13H7Br2FN2O3. The predicted molar refractivity (Wildman–Crippen MR) is 82.8 cm³/mol. The molecule has 0 radical (unpaired) electrons. The summed E-state index contributed by atoms with van der Waals surface area (Å²) < 4.78 is 14.1. The molecule has 108 valence electrons. The van der Waals surface area contributed by atoms with Gasteiger partial charge in [-0.1, -0.05) is 15.9 Å². The highest BCUT2D eigenvalue weighted by Gasteiger charge is 2.14. The third-order valence-corrected chi connectivity index (χ3v) is 3.63. The Balaban J connectivity index is 2.27. The van der Waals surface area contributed by atoms with Gasteiger partial charge in [0.25, 0.3) is 11.6 Å². The van der Waals surface area contributed by atoms with Gasteiger partial charge >= 0.3 is 0 Å². The van der Waals surface area contributed by atoms with Crippen LogP contribution in [0.5, 0.6) is 0 Å². The van der Waals surface area contributed by atoms with Gasteiger partial charge in [0.2, 0.25) is 0 Å². The van der Waals surface area contributed by atoms with Crippen molar-refractivity contribution in [1.82, 2.24) is 0 Å². The fourth-order valence-electron chi connectivity index (χ4n) is 1.59. The number of amides is 1. The number of nitro benzene ring substituents is 1. The topological polar surface area (TPSA) is 72.2 Å². The number of hydrogen-bond donors (Lipinski definition) is 1. The zero-order valence-corrected chi connectivity index (χ0v) is 13.4. The van der Waals surface area contributed by atoms with Crippen molar-refractivity contribution in [2.45, 2.75) is 0 Å². The minimum absolute atomic E-state index is 0.0967. The molecule has 0 bridgehead atoms. The molecule has 2 aromatic carbocycles. The molecule has 0 aliphatic rings. The van der Waals surface area contributed by atoms with Gasteiger partial charge in [-0.2, -0.15) is 0 Å². The number of rotatable bonds is 3. The first kappa shape index (κ1) is 15.6. The summed E-state index contributed by atoms with van der Waals surface area (Å²) in [4.78, 5) is 22.2. The van der Waals surface area contributed by atoms with Crippen LogP contribution in [0.25, 0.3) is 0 Å². The Morgan fingerprint density at radius 2 is 1.90 bits per heavy atom. The van der Waals surface area contributed by atoms with E-state index in [0.29, 0.717) is 4.47 Å². The molecule has 0 atom stereocenters. The quantitative estimate of drug-likeness (QED) is 0.589. The van der Waals surface area contributed by atoms with Crippen molar-refractivity contribution in [3.63, 3.8) is 0 Å². The maximum absolute atomic E-state index is 13.4. The van der Waals surface area contributed by atoms with Crippen LogP contribution in [0.4, 0.5) is 15.8 Å². The SMILES string of the molecule is O=C(Nc1ccc(Br)c(F)c1)c1cc(Br)cc([N+](=O)[O-])c1. The maximum atomic E-state index is 13.4. The van der Waals surface area contributed by atoms with Gasteiger partial charge in [-0.15, -0.1) is 0 Å². The van der Waals surface area contributed by atoms with Gasteiger partial charge in [0.05, 0.1) is 9.40 Å². The van der Waals surface area contributed by atoms with Gasteiger partial charge in [-0.3, -0.25) is 14.9 Å². The summed E-state index contributed by atoms with van der Waals surface area (Å²) in [5.74, 6) is -1.09. The highest BCUT2D eigenvalue weighted by atomic mass is 79.9. The second-order valence-corrected chi connectivity index (χ2v) is 5.81. The maximum Gasteiger partial charge on any atom is 0.271 e. The molecule has 21 heavy (non-hydrogen) atoms. The Hall–Kier alpha value is -1.80. The molecule has 0 aliphatic heterocycles. The van der Waals surface area contributed by atoms with Crippen molar-refractivity contribution >= 4 is 49.1 Å². The second kappa shape index (κ2) is 6.31. The fraction of sp³-hybridized carbons (Fsp3) is 0. The number of nitrogens with one attached hydrogen (secondary N) is 1. The summed E-state index contributed by atoms with van der Waals surface area (Å²) in [6, 6.07) is 7.99. The third kappa shape index (κ3) is 3.85. The van der Waals surface area contributed by atoms with Crippen LogP contribution in [-0.2, 0) is 0 Å². The first-order chi connectivity index (χ1) is 9.86. The summed E-state index contributed by atoms with van der Waals surface area (Å²) in [6.45, 7) is 0. The molecule has 0 unspecified atom stereocenters. The number of carbonyl (C=O) groups excluding carboxylic acids is 1. The van der Waals surface area contributed by atoms with E-state index >= 15 is 0 Å². The Kier molecular flexibility index (Phi) is 4.69. The van der Waals surface area contributed by atoms with Gasteiger partial charge in [0.15, 0.2) is 0 Å². The van der Waals surface area contributed by atoms with Gasteiger partial charge in [0.1, 0.15) is 5.82 Å². The second-order valence-electron chi connectivity index (χ2n) is 4.04. The first-order valence-electron chi connectivity index (χ1n) is 5.58. The van der Waals surface area contributed by atoms with Crippen molar-refractivity contribution in [3.8, 4) is 0 Å². The van der Waals surface area contributed by atoms with E-state index in [1.807, 2.05) is 0 Å². The predicted octanol–water partition coefficient (Wildman–Crippen LogP) is 4.51. The molecule has 0 aliphatic carbocycles. The van der Waals surface area contributed by atoms with Crippen LogP contribution >= 0.6 is 31.9 Å². The van der Waals surface area contributed by atoms with Crippen molar-refractivity contribution < 1.29 is 14.1 Å². The van der Waals surface area contributed by atoms with Gasteiger partial charge in [0, 0.05) is 27.9 Å². The lowest BCUT2D eigenvalue weighted by Gasteiger charge is -2.06. The Morgan fingerprint density at radius 3 is 2.52 bits per heavy atom. The molecule has 1 N–H and O–H groups in total. The summed E-state index contributed by atoms with van der Waals surface area (Å²) in [6.07, 6.45) is 0. The van der Waals surface area contributed by atoms with E-state index in [4.69, 9.17) is 0 Å². The number of carbonyl (C=O) groups is 1. The number of anilines is 1. The molecule has 1 amide bonds. The minimum Gasteiger partial charge on any atom is -0.322 e. The van der Waals surface area contributed by atoms with Crippen molar-refractivity contribution in [2.24, 2.45) is 0 Å². The molecular weight excluding hydrogens is 411 g/mol. The van der Waals surface area contributed by atoms with E-state index < -0.39 is 16.6 Å². The molecule has 2 aromatic rings. The van der Waals surface area contributed by atoms with E-state index in [1.165, 1.54) is 24.3 Å². The molecule has 8 heteroatoms. The Labute approximate surface area is 135 Å². The average molecular weight is 418 g/mol. The van der Waals surface area contributed by atoms with Crippen LogP contribution in [-0.4, -0.2) is 10.8 Å². The van der Waals surface area contributed by atoms with Crippen LogP contribution in [0.1, 0.15) is 10.4 Å². The average Bonchev–Trinajstić information content (AvgIpc) is 2.42. The largest absolute Gasteiger partial charge is 0.322 e. The minimum atomic E-state index is -0.596. The molecule has 0 aromatic heterocycles. The van der Waals surface area contributed by atoms with E-state index in [-0.39, 0.29) is 21.4 Å². The molecule has 0 fully saturated rings. The van der Waals surface area contributed by atoms with Crippen LogP contribution in [0.15, 0.2) is 45.3 Å². The van der Waals surface area contributed by atoms with E-state index in [0.717, 1.165) is 12.1 Å². The lowest BCUT2D eigenvalue weighted by Crippen LogP contribution is -2.12. The summed E-state index contributed by atoms with van der Waals surface area (Å²) in [5.41, 5.74) is 0.138. The zero-order valence-electron chi connectivity index (χ0n) is 10.3. The number of halogens is 3.